The van der Waals surface area contributed by atoms with Gasteiger partial charge in [-0.2, -0.15) is 9.97 Å². The Hall–Kier alpha value is -1.56. The van der Waals surface area contributed by atoms with Crippen molar-refractivity contribution in [2.45, 2.75) is 25.4 Å². The van der Waals surface area contributed by atoms with E-state index in [0.29, 0.717) is 18.3 Å². The van der Waals surface area contributed by atoms with Gasteiger partial charge in [0.05, 0.1) is 12.7 Å². The number of anilines is 2. The van der Waals surface area contributed by atoms with Crippen LogP contribution in [0.25, 0.3) is 0 Å². The Morgan fingerprint density at radius 1 is 1.47 bits per heavy atom. The monoisotopic (exact) mass is 264 g/mol. The molecule has 19 heavy (non-hydrogen) atoms. The van der Waals surface area contributed by atoms with Crippen molar-refractivity contribution < 1.29 is 9.84 Å². The highest BCUT2D eigenvalue weighted by atomic mass is 16.5. The van der Waals surface area contributed by atoms with Crippen LogP contribution in [0.4, 0.5) is 11.8 Å². The summed E-state index contributed by atoms with van der Waals surface area (Å²) in [6.45, 7) is 3.49. The topological polar surface area (TPSA) is 84.5 Å². The zero-order valence-electron chi connectivity index (χ0n) is 11.3. The standard InChI is InChI=1S/C13H20N4O2/c1-8-6-17(7-13(8,18)9-3-4-9)10-5-11(19-2)16-12(14)15-10/h5,8-9,18H,3-4,6-7H2,1-2H3,(H2,14,15,16)/t8-,13+/m1/s1. The molecule has 1 aromatic rings. The van der Waals surface area contributed by atoms with E-state index in [1.54, 1.807) is 13.2 Å². The smallest absolute Gasteiger partial charge is 0.225 e. The third kappa shape index (κ3) is 2.10. The van der Waals surface area contributed by atoms with E-state index in [1.807, 2.05) is 0 Å². The molecule has 1 saturated heterocycles. The van der Waals surface area contributed by atoms with E-state index >= 15 is 0 Å². The molecule has 0 spiro atoms. The first kappa shape index (κ1) is 12.5. The van der Waals surface area contributed by atoms with E-state index in [1.165, 1.54) is 0 Å². The Balaban J connectivity index is 1.85. The normalized spacial score (nSPS) is 30.7. The molecule has 6 nitrogen and oxygen atoms in total. The number of nitrogens with zero attached hydrogens (tertiary/aromatic N) is 3. The molecule has 0 amide bonds. The molecule has 2 aliphatic rings. The second-order valence-electron chi connectivity index (χ2n) is 5.67. The molecule has 1 saturated carbocycles. The molecule has 1 aliphatic carbocycles. The summed E-state index contributed by atoms with van der Waals surface area (Å²) in [5.74, 6) is 2.06. The molecule has 6 heteroatoms. The number of aliphatic hydroxyl groups is 1. The summed E-state index contributed by atoms with van der Waals surface area (Å²) >= 11 is 0. The van der Waals surface area contributed by atoms with Crippen molar-refractivity contribution in [1.82, 2.24) is 9.97 Å². The highest BCUT2D eigenvalue weighted by molar-refractivity contribution is 5.47. The largest absolute Gasteiger partial charge is 0.481 e. The van der Waals surface area contributed by atoms with Crippen LogP contribution in [0.2, 0.25) is 0 Å². The fraction of sp³-hybridized carbons (Fsp3) is 0.692. The predicted molar refractivity (Wildman–Crippen MR) is 72.0 cm³/mol. The molecule has 0 bridgehead atoms. The number of nitrogen functional groups attached to an aromatic ring is 1. The van der Waals surface area contributed by atoms with E-state index in [2.05, 4.69) is 21.8 Å². The molecule has 104 valence electrons. The maximum Gasteiger partial charge on any atom is 0.225 e. The molecule has 3 N–H and O–H groups in total. The van der Waals surface area contributed by atoms with Crippen molar-refractivity contribution in [3.63, 3.8) is 0 Å². The van der Waals surface area contributed by atoms with Gasteiger partial charge in [-0.15, -0.1) is 0 Å². The summed E-state index contributed by atoms with van der Waals surface area (Å²) in [5, 5.41) is 10.8. The number of rotatable bonds is 3. The lowest BCUT2D eigenvalue weighted by molar-refractivity contribution is 0.00281. The Morgan fingerprint density at radius 2 is 2.21 bits per heavy atom. The average Bonchev–Trinajstić information content (AvgIpc) is 3.17. The third-order valence-corrected chi connectivity index (χ3v) is 4.32. The summed E-state index contributed by atoms with van der Waals surface area (Å²) in [6, 6.07) is 1.77. The Labute approximate surface area is 112 Å². The van der Waals surface area contributed by atoms with Crippen molar-refractivity contribution in [2.75, 3.05) is 30.8 Å². The van der Waals surface area contributed by atoms with E-state index in [4.69, 9.17) is 10.5 Å². The molecule has 0 unspecified atom stereocenters. The van der Waals surface area contributed by atoms with Gasteiger partial charge in [-0.3, -0.25) is 0 Å². The number of methoxy groups -OCH3 is 1. The van der Waals surface area contributed by atoms with Gasteiger partial charge in [0.15, 0.2) is 0 Å². The van der Waals surface area contributed by atoms with Crippen molar-refractivity contribution in [3.05, 3.63) is 6.07 Å². The molecule has 1 aliphatic heterocycles. The second-order valence-corrected chi connectivity index (χ2v) is 5.67. The van der Waals surface area contributed by atoms with Crippen LogP contribution in [-0.4, -0.2) is 40.9 Å². The Bertz CT molecular complexity index is 492. The number of hydrogen-bond donors (Lipinski definition) is 2. The van der Waals surface area contributed by atoms with Gasteiger partial charge in [0.1, 0.15) is 5.82 Å². The maximum atomic E-state index is 10.8. The van der Waals surface area contributed by atoms with Crippen molar-refractivity contribution in [1.29, 1.82) is 0 Å². The zero-order valence-corrected chi connectivity index (χ0v) is 11.3. The third-order valence-electron chi connectivity index (χ3n) is 4.32. The van der Waals surface area contributed by atoms with Crippen LogP contribution in [-0.2, 0) is 0 Å². The van der Waals surface area contributed by atoms with Crippen LogP contribution < -0.4 is 15.4 Å². The molecule has 0 radical (unpaired) electrons. The molecular weight excluding hydrogens is 244 g/mol. The molecule has 1 aromatic heterocycles. The summed E-state index contributed by atoms with van der Waals surface area (Å²) in [6.07, 6.45) is 2.26. The van der Waals surface area contributed by atoms with Crippen LogP contribution >= 0.6 is 0 Å². The fourth-order valence-corrected chi connectivity index (χ4v) is 3.00. The first-order chi connectivity index (χ1) is 9.03. The molecule has 2 heterocycles. The van der Waals surface area contributed by atoms with E-state index < -0.39 is 5.60 Å². The minimum Gasteiger partial charge on any atom is -0.481 e. The van der Waals surface area contributed by atoms with Crippen LogP contribution in [0, 0.1) is 11.8 Å². The molecule has 3 rings (SSSR count). The highest BCUT2D eigenvalue weighted by Gasteiger charge is 2.52. The number of hydrogen-bond acceptors (Lipinski definition) is 6. The van der Waals surface area contributed by atoms with Crippen molar-refractivity contribution in [2.24, 2.45) is 11.8 Å². The van der Waals surface area contributed by atoms with Crippen molar-refractivity contribution >= 4 is 11.8 Å². The van der Waals surface area contributed by atoms with Gasteiger partial charge in [-0.05, 0) is 18.8 Å². The number of β-amino-alcohol motifs (C(OH)–C–C–N with tert-alkyl or cyclic N) is 1. The summed E-state index contributed by atoms with van der Waals surface area (Å²) in [5.41, 5.74) is 5.10. The summed E-state index contributed by atoms with van der Waals surface area (Å²) < 4.78 is 5.11. The zero-order chi connectivity index (χ0) is 13.6. The lowest BCUT2D eigenvalue weighted by atomic mass is 9.88. The van der Waals surface area contributed by atoms with E-state index in [0.717, 1.165) is 25.2 Å². The minimum atomic E-state index is -0.590. The van der Waals surface area contributed by atoms with Gasteiger partial charge in [-0.1, -0.05) is 6.92 Å². The van der Waals surface area contributed by atoms with Gasteiger partial charge in [0.2, 0.25) is 11.8 Å². The number of aromatic nitrogens is 2. The van der Waals surface area contributed by atoms with Crippen LogP contribution in [0.5, 0.6) is 5.88 Å². The lowest BCUT2D eigenvalue weighted by Gasteiger charge is -2.26. The minimum absolute atomic E-state index is 0.198. The maximum absolute atomic E-state index is 10.8. The van der Waals surface area contributed by atoms with Crippen LogP contribution in [0.15, 0.2) is 6.07 Å². The molecule has 2 atom stereocenters. The van der Waals surface area contributed by atoms with E-state index in [-0.39, 0.29) is 11.9 Å². The summed E-state index contributed by atoms with van der Waals surface area (Å²) in [4.78, 5) is 10.3. The first-order valence-electron chi connectivity index (χ1n) is 6.69. The fourth-order valence-electron chi connectivity index (χ4n) is 3.00. The lowest BCUT2D eigenvalue weighted by Crippen LogP contribution is -2.39. The molecule has 0 aromatic carbocycles. The van der Waals surface area contributed by atoms with E-state index in [9.17, 15) is 5.11 Å². The Morgan fingerprint density at radius 3 is 2.84 bits per heavy atom. The molecule has 2 fully saturated rings. The van der Waals surface area contributed by atoms with Crippen molar-refractivity contribution in [3.8, 4) is 5.88 Å². The van der Waals surface area contributed by atoms with Crippen LogP contribution in [0.3, 0.4) is 0 Å². The average molecular weight is 264 g/mol. The van der Waals surface area contributed by atoms with Gasteiger partial charge in [0, 0.05) is 25.1 Å². The van der Waals surface area contributed by atoms with Gasteiger partial charge >= 0.3 is 0 Å². The van der Waals surface area contributed by atoms with Crippen LogP contribution in [0.1, 0.15) is 19.8 Å². The Kier molecular flexibility index (Phi) is 2.78. The first-order valence-corrected chi connectivity index (χ1v) is 6.69. The van der Waals surface area contributed by atoms with Gasteiger partial charge < -0.3 is 20.5 Å². The predicted octanol–water partition coefficient (Wildman–Crippen LogP) is 0.665. The van der Waals surface area contributed by atoms with Gasteiger partial charge in [-0.25, -0.2) is 0 Å². The number of nitrogens with two attached hydrogens (primary N) is 1. The SMILES string of the molecule is COc1cc(N2C[C@@H](C)[C@](O)(C3CC3)C2)nc(N)n1. The number of ether oxygens (including phenoxy) is 1. The molecular formula is C13H20N4O2. The van der Waals surface area contributed by atoms with Gasteiger partial charge in [0.25, 0.3) is 0 Å². The quantitative estimate of drug-likeness (QED) is 0.834. The highest BCUT2D eigenvalue weighted by Crippen LogP contribution is 2.47. The second kappa shape index (κ2) is 4.23. The summed E-state index contributed by atoms with van der Waals surface area (Å²) in [7, 11) is 1.55.